The molecule has 32 heavy (non-hydrogen) atoms. The number of anilines is 2. The lowest BCUT2D eigenvalue weighted by atomic mass is 10.1. The second-order valence-corrected chi connectivity index (χ2v) is 8.75. The molecule has 0 aromatic heterocycles. The molecule has 2 heterocycles. The van der Waals surface area contributed by atoms with Gasteiger partial charge in [0, 0.05) is 34.9 Å². The smallest absolute Gasteiger partial charge is 0.265 e. The first-order valence-corrected chi connectivity index (χ1v) is 11.5. The minimum absolute atomic E-state index is 0.0310. The summed E-state index contributed by atoms with van der Waals surface area (Å²) >= 11 is 12.1. The van der Waals surface area contributed by atoms with Crippen LogP contribution >= 0.6 is 23.2 Å². The molecule has 2 aromatic carbocycles. The van der Waals surface area contributed by atoms with Crippen molar-refractivity contribution in [3.8, 4) is 5.75 Å². The molecule has 8 heteroatoms. The van der Waals surface area contributed by atoms with Gasteiger partial charge in [0.05, 0.1) is 5.69 Å². The number of ether oxygens (including phenoxy) is 1. The third kappa shape index (κ3) is 5.63. The van der Waals surface area contributed by atoms with Gasteiger partial charge in [0.1, 0.15) is 5.75 Å². The number of halogens is 2. The molecular weight excluding hydrogens is 449 g/mol. The van der Waals surface area contributed by atoms with Crippen LogP contribution in [0.4, 0.5) is 11.4 Å². The maximum absolute atomic E-state index is 12.5. The highest BCUT2D eigenvalue weighted by Gasteiger charge is 2.26. The Bertz CT molecular complexity index is 1040. The van der Waals surface area contributed by atoms with Crippen molar-refractivity contribution in [3.63, 3.8) is 0 Å². The van der Waals surface area contributed by atoms with Crippen LogP contribution in [0.5, 0.6) is 5.75 Å². The fraction of sp³-hybridized carbons (Fsp3) is 0.333. The molecule has 0 atom stereocenters. The highest BCUT2D eigenvalue weighted by Crippen LogP contribution is 2.34. The summed E-state index contributed by atoms with van der Waals surface area (Å²) < 4.78 is 5.59. The van der Waals surface area contributed by atoms with Crippen LogP contribution in [0.25, 0.3) is 6.08 Å². The molecule has 168 valence electrons. The first-order valence-electron chi connectivity index (χ1n) is 10.7. The predicted molar refractivity (Wildman–Crippen MR) is 129 cm³/mol. The van der Waals surface area contributed by atoms with Gasteiger partial charge in [0.25, 0.3) is 5.91 Å². The number of piperidine rings is 1. The van der Waals surface area contributed by atoms with Gasteiger partial charge in [-0.05, 0) is 67.9 Å². The maximum Gasteiger partial charge on any atom is 0.265 e. The highest BCUT2D eigenvalue weighted by atomic mass is 35.5. The number of nitrogens with zero attached hydrogens (tertiary/aromatic N) is 2. The fourth-order valence-corrected chi connectivity index (χ4v) is 4.41. The molecule has 0 radical (unpaired) electrons. The molecule has 6 nitrogen and oxygen atoms in total. The molecule has 1 N–H and O–H groups in total. The van der Waals surface area contributed by atoms with E-state index in [0.717, 1.165) is 19.6 Å². The molecule has 2 aliphatic rings. The van der Waals surface area contributed by atoms with Gasteiger partial charge in [-0.15, -0.1) is 0 Å². The van der Waals surface area contributed by atoms with Crippen LogP contribution in [0.15, 0.2) is 42.5 Å². The quantitative estimate of drug-likeness (QED) is 0.608. The van der Waals surface area contributed by atoms with E-state index >= 15 is 0 Å². The predicted octanol–water partition coefficient (Wildman–Crippen LogP) is 4.86. The summed E-state index contributed by atoms with van der Waals surface area (Å²) in [6.07, 6.45) is 6.73. The molecular formula is C24H25Cl2N3O3. The average molecular weight is 474 g/mol. The first-order chi connectivity index (χ1) is 15.5. The topological polar surface area (TPSA) is 61.9 Å². The molecule has 2 amide bonds. The SMILES string of the molecule is O=C(/C=C/c1ccc(Cl)cc1Cl)Nc1ccc2c(c1)N(CCN1CCCCC1)C(=O)CO2. The normalized spacial score (nSPS) is 16.7. The Hall–Kier alpha value is -2.54. The molecule has 0 saturated carbocycles. The summed E-state index contributed by atoms with van der Waals surface area (Å²) in [6, 6.07) is 10.4. The maximum atomic E-state index is 12.5. The summed E-state index contributed by atoms with van der Waals surface area (Å²) in [5, 5.41) is 3.84. The van der Waals surface area contributed by atoms with Crippen molar-refractivity contribution in [1.82, 2.24) is 4.90 Å². The second kappa shape index (κ2) is 10.4. The van der Waals surface area contributed by atoms with E-state index in [1.807, 2.05) is 0 Å². The third-order valence-corrected chi connectivity index (χ3v) is 6.20. The molecule has 1 fully saturated rings. The first kappa shape index (κ1) is 22.6. The Kier molecular flexibility index (Phi) is 7.35. The van der Waals surface area contributed by atoms with E-state index in [9.17, 15) is 9.59 Å². The van der Waals surface area contributed by atoms with Gasteiger partial charge in [-0.3, -0.25) is 9.59 Å². The van der Waals surface area contributed by atoms with Crippen molar-refractivity contribution in [1.29, 1.82) is 0 Å². The standard InChI is InChI=1S/C24H25Cl2N3O3/c25-18-6-4-17(20(26)14-18)5-9-23(30)27-19-7-8-22-21(15-19)29(24(31)16-32-22)13-12-28-10-2-1-3-11-28/h4-9,14-15H,1-3,10-13,16H2,(H,27,30)/b9-5+. The number of carbonyl (C=O) groups excluding carboxylic acids is 2. The number of hydrogen-bond donors (Lipinski definition) is 1. The van der Waals surface area contributed by atoms with Crippen molar-refractivity contribution >= 4 is 52.5 Å². The van der Waals surface area contributed by atoms with Crippen molar-refractivity contribution in [3.05, 3.63) is 58.1 Å². The monoisotopic (exact) mass is 473 g/mol. The van der Waals surface area contributed by atoms with Crippen LogP contribution < -0.4 is 15.0 Å². The Morgan fingerprint density at radius 2 is 1.88 bits per heavy atom. The van der Waals surface area contributed by atoms with E-state index in [1.54, 1.807) is 47.4 Å². The van der Waals surface area contributed by atoms with Gasteiger partial charge in [0.2, 0.25) is 5.91 Å². The van der Waals surface area contributed by atoms with Gasteiger partial charge in [-0.1, -0.05) is 35.7 Å². The molecule has 0 bridgehead atoms. The summed E-state index contributed by atoms with van der Waals surface area (Å²) in [4.78, 5) is 29.1. The molecule has 0 aliphatic carbocycles. The van der Waals surface area contributed by atoms with E-state index in [-0.39, 0.29) is 18.4 Å². The zero-order valence-electron chi connectivity index (χ0n) is 17.7. The minimum Gasteiger partial charge on any atom is -0.482 e. The number of rotatable bonds is 6. The zero-order chi connectivity index (χ0) is 22.5. The number of hydrogen-bond acceptors (Lipinski definition) is 4. The molecule has 0 spiro atoms. The zero-order valence-corrected chi connectivity index (χ0v) is 19.2. The van der Waals surface area contributed by atoms with Crippen LogP contribution in [-0.4, -0.2) is 49.5 Å². The Balaban J connectivity index is 1.44. The molecule has 1 saturated heterocycles. The lowest BCUT2D eigenvalue weighted by Gasteiger charge is -2.33. The van der Waals surface area contributed by atoms with Crippen molar-refractivity contribution in [2.24, 2.45) is 0 Å². The molecule has 2 aromatic rings. The van der Waals surface area contributed by atoms with Gasteiger partial charge in [-0.2, -0.15) is 0 Å². The van der Waals surface area contributed by atoms with Crippen LogP contribution in [-0.2, 0) is 9.59 Å². The third-order valence-electron chi connectivity index (χ3n) is 5.63. The lowest BCUT2D eigenvalue weighted by Crippen LogP contribution is -2.44. The van der Waals surface area contributed by atoms with Crippen LogP contribution in [0.2, 0.25) is 10.0 Å². The number of benzene rings is 2. The number of nitrogens with one attached hydrogen (secondary N) is 1. The summed E-state index contributed by atoms with van der Waals surface area (Å²) in [5.41, 5.74) is 1.96. The second-order valence-electron chi connectivity index (χ2n) is 7.91. The van der Waals surface area contributed by atoms with Crippen molar-refractivity contribution < 1.29 is 14.3 Å². The van der Waals surface area contributed by atoms with Crippen LogP contribution in [0.1, 0.15) is 24.8 Å². The highest BCUT2D eigenvalue weighted by molar-refractivity contribution is 6.35. The van der Waals surface area contributed by atoms with E-state index in [2.05, 4.69) is 10.2 Å². The van der Waals surface area contributed by atoms with Crippen molar-refractivity contribution in [2.45, 2.75) is 19.3 Å². The summed E-state index contributed by atoms with van der Waals surface area (Å²) in [7, 11) is 0. The van der Waals surface area contributed by atoms with Crippen LogP contribution in [0.3, 0.4) is 0 Å². The molecule has 2 aliphatic heterocycles. The Morgan fingerprint density at radius 3 is 2.66 bits per heavy atom. The lowest BCUT2D eigenvalue weighted by molar-refractivity contribution is -0.121. The van der Waals surface area contributed by atoms with Gasteiger partial charge >= 0.3 is 0 Å². The van der Waals surface area contributed by atoms with Gasteiger partial charge in [0.15, 0.2) is 6.61 Å². The molecule has 4 rings (SSSR count). The van der Waals surface area contributed by atoms with E-state index in [4.69, 9.17) is 27.9 Å². The number of fused-ring (bicyclic) bond motifs is 1. The Labute approximate surface area is 197 Å². The van der Waals surface area contributed by atoms with E-state index in [0.29, 0.717) is 39.3 Å². The average Bonchev–Trinajstić information content (AvgIpc) is 2.78. The largest absolute Gasteiger partial charge is 0.482 e. The van der Waals surface area contributed by atoms with Crippen molar-refractivity contribution in [2.75, 3.05) is 43.0 Å². The van der Waals surface area contributed by atoms with Gasteiger partial charge in [-0.25, -0.2) is 0 Å². The minimum atomic E-state index is -0.307. The Morgan fingerprint density at radius 1 is 1.06 bits per heavy atom. The fourth-order valence-electron chi connectivity index (χ4n) is 3.94. The number of likely N-dealkylation sites (tertiary alicyclic amines) is 1. The molecule has 0 unspecified atom stereocenters. The van der Waals surface area contributed by atoms with Gasteiger partial charge < -0.3 is 19.9 Å². The van der Waals surface area contributed by atoms with Crippen LogP contribution in [0, 0.1) is 0 Å². The van der Waals surface area contributed by atoms with E-state index < -0.39 is 0 Å². The summed E-state index contributed by atoms with van der Waals surface area (Å²) in [5.74, 6) is 0.263. The number of carbonyl (C=O) groups is 2. The van der Waals surface area contributed by atoms with E-state index in [1.165, 1.54) is 25.3 Å². The number of amides is 2. The summed E-state index contributed by atoms with van der Waals surface area (Å²) in [6.45, 7) is 3.61.